The second-order valence-electron chi connectivity index (χ2n) is 3.63. The first-order valence-corrected chi connectivity index (χ1v) is 7.65. The van der Waals surface area contributed by atoms with Gasteiger partial charge in [0.15, 0.2) is 0 Å². The predicted molar refractivity (Wildman–Crippen MR) is 72.7 cm³/mol. The molecule has 0 aliphatic carbocycles. The quantitative estimate of drug-likeness (QED) is 0.937. The van der Waals surface area contributed by atoms with Gasteiger partial charge in [0.25, 0.3) is 10.0 Å². The topological polar surface area (TPSA) is 59.3 Å². The van der Waals surface area contributed by atoms with Crippen LogP contribution in [0.2, 0.25) is 0 Å². The van der Waals surface area contributed by atoms with Crippen molar-refractivity contribution < 1.29 is 12.8 Å². The summed E-state index contributed by atoms with van der Waals surface area (Å²) >= 11 is 3.34. The Labute approximate surface area is 114 Å². The van der Waals surface area contributed by atoms with Crippen molar-refractivity contribution in [3.8, 4) is 11.1 Å². The Kier molecular flexibility index (Phi) is 3.89. The normalized spacial score (nSPS) is 11.7. The van der Waals surface area contributed by atoms with Crippen molar-refractivity contribution in [1.82, 2.24) is 4.72 Å². The number of hydrogen-bond acceptors (Lipinski definition) is 3. The Hall–Kier alpha value is -1.11. The molecule has 0 saturated carbocycles. The average molecular weight is 330 g/mol. The predicted octanol–water partition coefficient (Wildman–Crippen LogP) is 3.01. The molecular formula is C12H12BrNO3S. The smallest absolute Gasteiger partial charge is 0.274 e. The highest BCUT2D eigenvalue weighted by atomic mass is 79.9. The van der Waals surface area contributed by atoms with Gasteiger partial charge in [0.1, 0.15) is 0 Å². The van der Waals surface area contributed by atoms with E-state index in [1.54, 1.807) is 13.0 Å². The minimum Gasteiger partial charge on any atom is -0.451 e. The van der Waals surface area contributed by atoms with E-state index in [-0.39, 0.29) is 5.09 Å². The summed E-state index contributed by atoms with van der Waals surface area (Å²) in [4.78, 5) is 0. The van der Waals surface area contributed by atoms with Crippen molar-refractivity contribution in [1.29, 1.82) is 0 Å². The third kappa shape index (κ3) is 2.66. The summed E-state index contributed by atoms with van der Waals surface area (Å²) < 4.78 is 32.3. The first-order chi connectivity index (χ1) is 8.54. The van der Waals surface area contributed by atoms with Crippen LogP contribution >= 0.6 is 15.9 Å². The molecule has 0 saturated heterocycles. The van der Waals surface area contributed by atoms with E-state index in [9.17, 15) is 8.42 Å². The number of nitrogens with one attached hydrogen (secondary N) is 1. The van der Waals surface area contributed by atoms with E-state index in [2.05, 4.69) is 20.7 Å². The van der Waals surface area contributed by atoms with Gasteiger partial charge in [-0.3, -0.25) is 0 Å². The number of hydrogen-bond donors (Lipinski definition) is 1. The molecule has 18 heavy (non-hydrogen) atoms. The molecule has 1 aromatic carbocycles. The molecule has 96 valence electrons. The largest absolute Gasteiger partial charge is 0.451 e. The van der Waals surface area contributed by atoms with Crippen LogP contribution in [0.1, 0.15) is 6.92 Å². The van der Waals surface area contributed by atoms with Gasteiger partial charge in [0.05, 0.1) is 6.26 Å². The molecule has 4 nitrogen and oxygen atoms in total. The Morgan fingerprint density at radius 1 is 1.22 bits per heavy atom. The molecule has 0 aliphatic heterocycles. The van der Waals surface area contributed by atoms with Crippen LogP contribution < -0.4 is 4.72 Å². The van der Waals surface area contributed by atoms with Crippen LogP contribution in [0.4, 0.5) is 0 Å². The first kappa shape index (κ1) is 13.3. The Morgan fingerprint density at radius 3 is 2.50 bits per heavy atom. The van der Waals surface area contributed by atoms with Crippen LogP contribution in [-0.2, 0) is 10.0 Å². The fourth-order valence-electron chi connectivity index (χ4n) is 1.60. The molecule has 2 rings (SSSR count). The maximum absolute atomic E-state index is 11.9. The summed E-state index contributed by atoms with van der Waals surface area (Å²) in [6, 6.07) is 9.02. The fraction of sp³-hybridized carbons (Fsp3) is 0.167. The van der Waals surface area contributed by atoms with Crippen molar-refractivity contribution in [2.75, 3.05) is 6.54 Å². The molecular weight excluding hydrogens is 318 g/mol. The van der Waals surface area contributed by atoms with E-state index < -0.39 is 10.0 Å². The zero-order chi connectivity index (χ0) is 13.2. The number of benzene rings is 1. The van der Waals surface area contributed by atoms with Gasteiger partial charge in [0, 0.05) is 16.6 Å². The third-order valence-corrected chi connectivity index (χ3v) is 4.37. The van der Waals surface area contributed by atoms with Crippen LogP contribution in [0.3, 0.4) is 0 Å². The monoisotopic (exact) mass is 329 g/mol. The summed E-state index contributed by atoms with van der Waals surface area (Å²) in [5, 5.41) is -0.0494. The number of rotatable bonds is 4. The van der Waals surface area contributed by atoms with Crippen LogP contribution in [-0.4, -0.2) is 15.0 Å². The lowest BCUT2D eigenvalue weighted by molar-refractivity contribution is 0.448. The van der Waals surface area contributed by atoms with Crippen LogP contribution in [0.5, 0.6) is 0 Å². The Balaban J connectivity index is 2.48. The molecule has 0 fully saturated rings. The molecule has 6 heteroatoms. The summed E-state index contributed by atoms with van der Waals surface area (Å²) in [6.07, 6.45) is 1.38. The van der Waals surface area contributed by atoms with Gasteiger partial charge in [0.2, 0.25) is 5.09 Å². The van der Waals surface area contributed by atoms with Gasteiger partial charge in [-0.15, -0.1) is 0 Å². The molecule has 2 aromatic rings. The van der Waals surface area contributed by atoms with Gasteiger partial charge in [-0.1, -0.05) is 35.0 Å². The van der Waals surface area contributed by atoms with Gasteiger partial charge < -0.3 is 4.42 Å². The van der Waals surface area contributed by atoms with Crippen LogP contribution in [0.15, 0.2) is 50.6 Å². The second kappa shape index (κ2) is 5.26. The fourth-order valence-corrected chi connectivity index (χ4v) is 3.04. The van der Waals surface area contributed by atoms with Crippen LogP contribution in [0, 0.1) is 0 Å². The van der Waals surface area contributed by atoms with Crippen molar-refractivity contribution in [2.24, 2.45) is 0 Å². The maximum Gasteiger partial charge on any atom is 0.274 e. The highest BCUT2D eigenvalue weighted by molar-refractivity contribution is 9.10. The van der Waals surface area contributed by atoms with Crippen molar-refractivity contribution in [3.63, 3.8) is 0 Å². The van der Waals surface area contributed by atoms with E-state index in [4.69, 9.17) is 4.42 Å². The molecule has 0 amide bonds. The van der Waals surface area contributed by atoms with E-state index >= 15 is 0 Å². The molecule has 0 aliphatic rings. The lowest BCUT2D eigenvalue weighted by Crippen LogP contribution is -2.23. The second-order valence-corrected chi connectivity index (χ2v) is 6.21. The van der Waals surface area contributed by atoms with Gasteiger partial charge in [-0.05, 0) is 23.8 Å². The third-order valence-electron chi connectivity index (χ3n) is 2.36. The SMILES string of the molecule is CCNS(=O)(=O)c1occc1-c1ccc(Br)cc1. The lowest BCUT2D eigenvalue weighted by Gasteiger charge is -2.04. The van der Waals surface area contributed by atoms with Crippen molar-refractivity contribution in [2.45, 2.75) is 12.0 Å². The summed E-state index contributed by atoms with van der Waals surface area (Å²) in [7, 11) is -3.58. The number of sulfonamides is 1. The molecule has 1 N–H and O–H groups in total. The van der Waals surface area contributed by atoms with Gasteiger partial charge in [-0.25, -0.2) is 13.1 Å². The minimum absolute atomic E-state index is 0.0494. The minimum atomic E-state index is -3.58. The molecule has 1 heterocycles. The number of halogens is 1. The molecule has 0 radical (unpaired) electrons. The van der Waals surface area contributed by atoms with E-state index in [0.717, 1.165) is 10.0 Å². The summed E-state index contributed by atoms with van der Waals surface area (Å²) in [6.45, 7) is 2.04. The highest BCUT2D eigenvalue weighted by Gasteiger charge is 2.22. The van der Waals surface area contributed by atoms with Gasteiger partial charge >= 0.3 is 0 Å². The van der Waals surface area contributed by atoms with Crippen molar-refractivity contribution in [3.05, 3.63) is 41.1 Å². The first-order valence-electron chi connectivity index (χ1n) is 5.37. The molecule has 1 aromatic heterocycles. The zero-order valence-electron chi connectivity index (χ0n) is 9.68. The van der Waals surface area contributed by atoms with Crippen LogP contribution in [0.25, 0.3) is 11.1 Å². The molecule has 0 bridgehead atoms. The lowest BCUT2D eigenvalue weighted by atomic mass is 10.1. The van der Waals surface area contributed by atoms with E-state index in [0.29, 0.717) is 12.1 Å². The summed E-state index contributed by atoms with van der Waals surface area (Å²) in [5.41, 5.74) is 1.35. The molecule has 0 spiro atoms. The molecule has 0 atom stereocenters. The molecule has 0 unspecified atom stereocenters. The maximum atomic E-state index is 11.9. The standard InChI is InChI=1S/C12H12BrNO3S/c1-2-14-18(15,16)12-11(7-8-17-12)9-3-5-10(13)6-4-9/h3-8,14H,2H2,1H3. The average Bonchev–Trinajstić information content (AvgIpc) is 2.79. The summed E-state index contributed by atoms with van der Waals surface area (Å²) in [5.74, 6) is 0. The van der Waals surface area contributed by atoms with Crippen molar-refractivity contribution >= 4 is 26.0 Å². The van der Waals surface area contributed by atoms with Gasteiger partial charge in [-0.2, -0.15) is 0 Å². The zero-order valence-corrected chi connectivity index (χ0v) is 12.1. The van der Waals surface area contributed by atoms with E-state index in [1.807, 2.05) is 24.3 Å². The number of furan rings is 1. The Bertz CT molecular complexity index is 632. The van der Waals surface area contributed by atoms with E-state index in [1.165, 1.54) is 6.26 Å². The highest BCUT2D eigenvalue weighted by Crippen LogP contribution is 2.29. The Morgan fingerprint density at radius 2 is 1.89 bits per heavy atom.